The lowest BCUT2D eigenvalue weighted by Crippen LogP contribution is -2.45. The minimum Gasteiger partial charge on any atom is -0.339 e. The molecule has 0 aromatic heterocycles. The molecule has 0 aromatic rings. The van der Waals surface area contributed by atoms with E-state index in [9.17, 15) is 4.79 Å². The van der Waals surface area contributed by atoms with Crippen molar-refractivity contribution in [1.29, 1.82) is 0 Å². The Hall–Kier alpha value is -0.570. The molecular weight excluding hydrogens is 212 g/mol. The number of carbonyl (C=O) groups excluding carboxylic acids is 1. The van der Waals surface area contributed by atoms with Crippen molar-refractivity contribution in [2.45, 2.75) is 64.5 Å². The minimum absolute atomic E-state index is 0.291. The maximum Gasteiger partial charge on any atom is 0.236 e. The zero-order valence-corrected chi connectivity index (χ0v) is 11.2. The molecule has 2 fully saturated rings. The van der Waals surface area contributed by atoms with Crippen LogP contribution in [0.25, 0.3) is 0 Å². The van der Waals surface area contributed by atoms with Crippen LogP contribution in [0, 0.1) is 5.92 Å². The van der Waals surface area contributed by atoms with Crippen molar-refractivity contribution >= 4 is 5.91 Å². The molecule has 0 bridgehead atoms. The van der Waals surface area contributed by atoms with Crippen LogP contribution >= 0.6 is 0 Å². The molecule has 0 radical (unpaired) electrons. The van der Waals surface area contributed by atoms with Crippen molar-refractivity contribution in [3.8, 4) is 0 Å². The Labute approximate surface area is 105 Å². The van der Waals surface area contributed by atoms with Gasteiger partial charge < -0.3 is 10.2 Å². The van der Waals surface area contributed by atoms with Crippen LogP contribution in [0.5, 0.6) is 0 Å². The SMILES string of the molecule is CC(C)N(CC1CC1)C(=O)CNC1CCCC1. The Morgan fingerprint density at radius 1 is 1.24 bits per heavy atom. The maximum absolute atomic E-state index is 12.2. The van der Waals surface area contributed by atoms with E-state index in [0.29, 0.717) is 24.5 Å². The molecular formula is C14H26N2O. The lowest BCUT2D eigenvalue weighted by molar-refractivity contribution is -0.132. The summed E-state index contributed by atoms with van der Waals surface area (Å²) in [5.41, 5.74) is 0. The molecule has 2 saturated carbocycles. The van der Waals surface area contributed by atoms with Gasteiger partial charge in [-0.2, -0.15) is 0 Å². The van der Waals surface area contributed by atoms with Crippen LogP contribution in [-0.2, 0) is 4.79 Å². The van der Waals surface area contributed by atoms with E-state index in [-0.39, 0.29) is 0 Å². The van der Waals surface area contributed by atoms with Gasteiger partial charge in [0.1, 0.15) is 0 Å². The molecule has 2 aliphatic rings. The Bertz CT molecular complexity index is 255. The molecule has 0 heterocycles. The molecule has 3 heteroatoms. The van der Waals surface area contributed by atoms with Gasteiger partial charge in [0.05, 0.1) is 6.54 Å². The van der Waals surface area contributed by atoms with Crippen LogP contribution < -0.4 is 5.32 Å². The van der Waals surface area contributed by atoms with Gasteiger partial charge in [-0.25, -0.2) is 0 Å². The van der Waals surface area contributed by atoms with Crippen molar-refractivity contribution in [3.05, 3.63) is 0 Å². The average molecular weight is 238 g/mol. The first kappa shape index (κ1) is 12.9. The molecule has 0 spiro atoms. The summed E-state index contributed by atoms with van der Waals surface area (Å²) < 4.78 is 0. The first-order valence-electron chi connectivity index (χ1n) is 7.19. The second-order valence-electron chi connectivity index (χ2n) is 5.95. The Kier molecular flexibility index (Phi) is 4.43. The van der Waals surface area contributed by atoms with Crippen LogP contribution in [0.2, 0.25) is 0 Å². The highest BCUT2D eigenvalue weighted by Gasteiger charge is 2.28. The third-order valence-corrected chi connectivity index (χ3v) is 3.99. The summed E-state index contributed by atoms with van der Waals surface area (Å²) in [5.74, 6) is 1.08. The number of hydrogen-bond acceptors (Lipinski definition) is 2. The first-order chi connectivity index (χ1) is 8.16. The predicted octanol–water partition coefficient (Wildman–Crippen LogP) is 2.17. The minimum atomic E-state index is 0.291. The van der Waals surface area contributed by atoms with E-state index in [2.05, 4.69) is 24.1 Å². The second-order valence-corrected chi connectivity index (χ2v) is 5.95. The molecule has 2 aliphatic carbocycles. The summed E-state index contributed by atoms with van der Waals surface area (Å²) in [5, 5.41) is 3.42. The van der Waals surface area contributed by atoms with Crippen LogP contribution in [0.3, 0.4) is 0 Å². The molecule has 17 heavy (non-hydrogen) atoms. The fourth-order valence-electron chi connectivity index (χ4n) is 2.64. The topological polar surface area (TPSA) is 32.3 Å². The maximum atomic E-state index is 12.2. The van der Waals surface area contributed by atoms with Gasteiger partial charge in [0.2, 0.25) is 5.91 Å². The predicted molar refractivity (Wildman–Crippen MR) is 69.8 cm³/mol. The summed E-state index contributed by atoms with van der Waals surface area (Å²) >= 11 is 0. The summed E-state index contributed by atoms with van der Waals surface area (Å²) in [7, 11) is 0. The van der Waals surface area contributed by atoms with Gasteiger partial charge >= 0.3 is 0 Å². The van der Waals surface area contributed by atoms with Crippen LogP contribution in [0.4, 0.5) is 0 Å². The number of nitrogens with one attached hydrogen (secondary N) is 1. The third-order valence-electron chi connectivity index (χ3n) is 3.99. The van der Waals surface area contributed by atoms with E-state index in [4.69, 9.17) is 0 Å². The molecule has 0 atom stereocenters. The van der Waals surface area contributed by atoms with E-state index in [1.165, 1.54) is 38.5 Å². The number of amides is 1. The number of nitrogens with zero attached hydrogens (tertiary/aromatic N) is 1. The highest BCUT2D eigenvalue weighted by atomic mass is 16.2. The van der Waals surface area contributed by atoms with Gasteiger partial charge in [-0.15, -0.1) is 0 Å². The zero-order valence-electron chi connectivity index (χ0n) is 11.2. The lowest BCUT2D eigenvalue weighted by atomic mass is 10.2. The van der Waals surface area contributed by atoms with Crippen LogP contribution in [-0.4, -0.2) is 36.0 Å². The molecule has 0 aromatic carbocycles. The van der Waals surface area contributed by atoms with Crippen molar-refractivity contribution < 1.29 is 4.79 Å². The van der Waals surface area contributed by atoms with Gasteiger partial charge in [0, 0.05) is 18.6 Å². The van der Waals surface area contributed by atoms with Crippen molar-refractivity contribution in [3.63, 3.8) is 0 Å². The van der Waals surface area contributed by atoms with Crippen LogP contribution in [0.15, 0.2) is 0 Å². The molecule has 0 saturated heterocycles. The zero-order chi connectivity index (χ0) is 12.3. The van der Waals surface area contributed by atoms with Gasteiger partial charge in [0.25, 0.3) is 0 Å². The van der Waals surface area contributed by atoms with E-state index in [1.807, 2.05) is 0 Å². The summed E-state index contributed by atoms with van der Waals surface area (Å²) in [6.45, 7) is 5.75. The van der Waals surface area contributed by atoms with Gasteiger partial charge in [-0.05, 0) is 45.4 Å². The molecule has 0 aliphatic heterocycles. The fraction of sp³-hybridized carbons (Fsp3) is 0.929. The molecule has 2 rings (SSSR count). The highest BCUT2D eigenvalue weighted by molar-refractivity contribution is 5.78. The first-order valence-corrected chi connectivity index (χ1v) is 7.19. The van der Waals surface area contributed by atoms with Gasteiger partial charge in [-0.3, -0.25) is 4.79 Å². The van der Waals surface area contributed by atoms with E-state index in [0.717, 1.165) is 12.5 Å². The average Bonchev–Trinajstić information content (AvgIpc) is 2.96. The largest absolute Gasteiger partial charge is 0.339 e. The molecule has 3 nitrogen and oxygen atoms in total. The second kappa shape index (κ2) is 5.85. The molecule has 0 unspecified atom stereocenters. The summed E-state index contributed by atoms with van der Waals surface area (Å²) in [6, 6.07) is 0.933. The summed E-state index contributed by atoms with van der Waals surface area (Å²) in [4.78, 5) is 14.2. The van der Waals surface area contributed by atoms with E-state index in [1.54, 1.807) is 0 Å². The standard InChI is InChI=1S/C14H26N2O/c1-11(2)16(10-12-7-8-12)14(17)9-15-13-5-3-4-6-13/h11-13,15H,3-10H2,1-2H3. The molecule has 1 N–H and O–H groups in total. The van der Waals surface area contributed by atoms with E-state index >= 15 is 0 Å². The number of hydrogen-bond donors (Lipinski definition) is 1. The van der Waals surface area contributed by atoms with Gasteiger partial charge in [-0.1, -0.05) is 12.8 Å². The highest BCUT2D eigenvalue weighted by Crippen LogP contribution is 2.30. The smallest absolute Gasteiger partial charge is 0.236 e. The van der Waals surface area contributed by atoms with Gasteiger partial charge in [0.15, 0.2) is 0 Å². The monoisotopic (exact) mass is 238 g/mol. The molecule has 1 amide bonds. The quantitative estimate of drug-likeness (QED) is 0.769. The Balaban J connectivity index is 1.74. The van der Waals surface area contributed by atoms with E-state index < -0.39 is 0 Å². The lowest BCUT2D eigenvalue weighted by Gasteiger charge is -2.27. The van der Waals surface area contributed by atoms with Crippen LogP contribution in [0.1, 0.15) is 52.4 Å². The van der Waals surface area contributed by atoms with Crippen molar-refractivity contribution in [2.24, 2.45) is 5.92 Å². The number of carbonyl (C=O) groups is 1. The van der Waals surface area contributed by atoms with Crippen molar-refractivity contribution in [1.82, 2.24) is 10.2 Å². The normalized spacial score (nSPS) is 21.1. The summed E-state index contributed by atoms with van der Waals surface area (Å²) in [6.07, 6.45) is 7.76. The van der Waals surface area contributed by atoms with Crippen molar-refractivity contribution in [2.75, 3.05) is 13.1 Å². The Morgan fingerprint density at radius 3 is 2.41 bits per heavy atom. The number of rotatable bonds is 6. The third kappa shape index (κ3) is 3.98. The Morgan fingerprint density at radius 2 is 1.88 bits per heavy atom. The fourth-order valence-corrected chi connectivity index (χ4v) is 2.64. The molecule has 98 valence electrons.